The predicted octanol–water partition coefficient (Wildman–Crippen LogP) is 4.34. The van der Waals surface area contributed by atoms with Gasteiger partial charge >= 0.3 is 0 Å². The molecule has 2 aromatic rings. The Labute approximate surface area is 117 Å². The Hall–Kier alpha value is -0.740. The minimum Gasteiger partial charge on any atom is -0.382 e. The summed E-state index contributed by atoms with van der Waals surface area (Å²) in [6, 6.07) is 3.28. The monoisotopic (exact) mass is 307 g/mol. The van der Waals surface area contributed by atoms with Gasteiger partial charge in [0.2, 0.25) is 0 Å². The molecule has 88 valence electrons. The summed E-state index contributed by atoms with van der Waals surface area (Å²) in [6.45, 7) is 0. The molecule has 17 heavy (non-hydrogen) atoms. The highest BCUT2D eigenvalue weighted by Gasteiger charge is 2.14. The molecule has 0 spiro atoms. The molecule has 7 heteroatoms. The fourth-order valence-electron chi connectivity index (χ4n) is 1.30. The Morgan fingerprint density at radius 3 is 2.35 bits per heavy atom. The first kappa shape index (κ1) is 12.7. The zero-order valence-corrected chi connectivity index (χ0v) is 11.2. The van der Waals surface area contributed by atoms with Crippen LogP contribution in [0.2, 0.25) is 20.2 Å². The molecule has 0 atom stereocenters. The highest BCUT2D eigenvalue weighted by atomic mass is 35.5. The Bertz CT molecular complexity index is 586. The van der Waals surface area contributed by atoms with Crippen molar-refractivity contribution in [2.75, 3.05) is 5.73 Å². The van der Waals surface area contributed by atoms with E-state index in [0.29, 0.717) is 16.3 Å². The average molecular weight is 309 g/mol. The van der Waals surface area contributed by atoms with Crippen LogP contribution in [0.4, 0.5) is 5.82 Å². The number of aromatic nitrogens is 2. The van der Waals surface area contributed by atoms with Crippen LogP contribution >= 0.6 is 46.4 Å². The summed E-state index contributed by atoms with van der Waals surface area (Å²) in [5, 5.41) is 1.10. The molecule has 2 N–H and O–H groups in total. The lowest BCUT2D eigenvalue weighted by Crippen LogP contribution is -1.97. The number of hydrogen-bond donors (Lipinski definition) is 1. The molecule has 0 bridgehead atoms. The summed E-state index contributed by atoms with van der Waals surface area (Å²) in [4.78, 5) is 7.96. The number of benzene rings is 1. The van der Waals surface area contributed by atoms with E-state index >= 15 is 0 Å². The van der Waals surface area contributed by atoms with Crippen LogP contribution in [0.3, 0.4) is 0 Å². The molecular weight excluding hydrogens is 304 g/mol. The molecule has 0 unspecified atom stereocenters. The molecule has 0 aliphatic heterocycles. The van der Waals surface area contributed by atoms with E-state index in [4.69, 9.17) is 52.1 Å². The van der Waals surface area contributed by atoms with Gasteiger partial charge in [-0.3, -0.25) is 0 Å². The van der Waals surface area contributed by atoms with E-state index in [9.17, 15) is 0 Å². The molecule has 0 aliphatic rings. The Kier molecular flexibility index (Phi) is 3.64. The van der Waals surface area contributed by atoms with Crippen molar-refractivity contribution in [1.29, 1.82) is 0 Å². The summed E-state index contributed by atoms with van der Waals surface area (Å²) >= 11 is 23.5. The maximum absolute atomic E-state index is 6.07. The third kappa shape index (κ3) is 2.43. The van der Waals surface area contributed by atoms with Crippen LogP contribution in [0.1, 0.15) is 0 Å². The summed E-state index contributed by atoms with van der Waals surface area (Å²) < 4.78 is 0. The second-order valence-electron chi connectivity index (χ2n) is 3.15. The van der Waals surface area contributed by atoms with E-state index in [1.807, 2.05) is 0 Å². The van der Waals surface area contributed by atoms with E-state index in [0.717, 1.165) is 0 Å². The first-order valence-electron chi connectivity index (χ1n) is 4.42. The van der Waals surface area contributed by atoms with Gasteiger partial charge in [0.1, 0.15) is 10.8 Å². The Balaban J connectivity index is 2.65. The molecule has 1 aromatic carbocycles. The maximum atomic E-state index is 6.07. The van der Waals surface area contributed by atoms with Gasteiger partial charge in [-0.15, -0.1) is 0 Å². The fourth-order valence-corrected chi connectivity index (χ4v) is 2.06. The largest absolute Gasteiger partial charge is 0.382 e. The summed E-state index contributed by atoms with van der Waals surface area (Å²) in [5.41, 5.74) is 6.69. The van der Waals surface area contributed by atoms with Crippen LogP contribution < -0.4 is 5.73 Å². The van der Waals surface area contributed by atoms with Gasteiger partial charge in [0.05, 0.1) is 21.3 Å². The average Bonchev–Trinajstić information content (AvgIpc) is 2.28. The van der Waals surface area contributed by atoms with Gasteiger partial charge in [-0.05, 0) is 12.1 Å². The van der Waals surface area contributed by atoms with Crippen molar-refractivity contribution in [2.24, 2.45) is 0 Å². The van der Waals surface area contributed by atoms with E-state index in [1.54, 1.807) is 12.1 Å². The molecule has 0 aliphatic carbocycles. The first-order valence-corrected chi connectivity index (χ1v) is 5.93. The first-order chi connectivity index (χ1) is 8.00. The lowest BCUT2D eigenvalue weighted by atomic mass is 10.1. The van der Waals surface area contributed by atoms with Gasteiger partial charge in [0, 0.05) is 5.56 Å². The van der Waals surface area contributed by atoms with Crippen molar-refractivity contribution < 1.29 is 0 Å². The third-order valence-corrected chi connectivity index (χ3v) is 3.54. The van der Waals surface area contributed by atoms with Crippen LogP contribution in [0.25, 0.3) is 11.3 Å². The molecule has 0 radical (unpaired) electrons. The lowest BCUT2D eigenvalue weighted by Gasteiger charge is -2.08. The molecular formula is C10H5Cl4N3. The van der Waals surface area contributed by atoms with Crippen molar-refractivity contribution in [3.63, 3.8) is 0 Å². The van der Waals surface area contributed by atoms with Crippen molar-refractivity contribution >= 4 is 52.2 Å². The highest BCUT2D eigenvalue weighted by Crippen LogP contribution is 2.38. The van der Waals surface area contributed by atoms with Crippen LogP contribution in [0, 0.1) is 0 Å². The topological polar surface area (TPSA) is 51.8 Å². The van der Waals surface area contributed by atoms with Gasteiger partial charge in [-0.25, -0.2) is 9.97 Å². The zero-order valence-electron chi connectivity index (χ0n) is 8.22. The van der Waals surface area contributed by atoms with Crippen molar-refractivity contribution in [1.82, 2.24) is 9.97 Å². The SMILES string of the molecule is Nc1nc(Cl)cnc1-c1ccc(Cl)c(Cl)c1Cl. The number of anilines is 1. The maximum Gasteiger partial charge on any atom is 0.151 e. The van der Waals surface area contributed by atoms with Crippen molar-refractivity contribution in [3.8, 4) is 11.3 Å². The standard InChI is InChI=1S/C10H5Cl4N3/c11-5-2-1-4(7(13)8(5)14)9-10(15)17-6(12)3-16-9/h1-3H,(H2,15,17). The normalized spacial score (nSPS) is 10.6. The van der Waals surface area contributed by atoms with Crippen molar-refractivity contribution in [2.45, 2.75) is 0 Å². The van der Waals surface area contributed by atoms with Gasteiger partial charge < -0.3 is 5.73 Å². The fraction of sp³-hybridized carbons (Fsp3) is 0. The summed E-state index contributed by atoms with van der Waals surface area (Å²) in [7, 11) is 0. The van der Waals surface area contributed by atoms with E-state index < -0.39 is 0 Å². The van der Waals surface area contributed by atoms with Crippen LogP contribution in [-0.2, 0) is 0 Å². The van der Waals surface area contributed by atoms with Crippen LogP contribution in [-0.4, -0.2) is 9.97 Å². The van der Waals surface area contributed by atoms with Crippen LogP contribution in [0.5, 0.6) is 0 Å². The smallest absolute Gasteiger partial charge is 0.151 e. The number of nitrogens with zero attached hydrogens (tertiary/aromatic N) is 2. The number of hydrogen-bond acceptors (Lipinski definition) is 3. The van der Waals surface area contributed by atoms with Gasteiger partial charge in [-0.1, -0.05) is 46.4 Å². The molecule has 2 rings (SSSR count). The van der Waals surface area contributed by atoms with Gasteiger partial charge in [0.25, 0.3) is 0 Å². The molecule has 0 saturated carbocycles. The third-order valence-electron chi connectivity index (χ3n) is 2.06. The number of rotatable bonds is 1. The molecule has 0 fully saturated rings. The molecule has 1 aromatic heterocycles. The number of halogens is 4. The van der Waals surface area contributed by atoms with Gasteiger partial charge in [0.15, 0.2) is 5.82 Å². The second kappa shape index (κ2) is 4.86. The molecule has 3 nitrogen and oxygen atoms in total. The van der Waals surface area contributed by atoms with Gasteiger partial charge in [-0.2, -0.15) is 0 Å². The zero-order chi connectivity index (χ0) is 12.6. The van der Waals surface area contributed by atoms with E-state index in [1.165, 1.54) is 6.20 Å². The van der Waals surface area contributed by atoms with E-state index in [-0.39, 0.29) is 21.0 Å². The molecule has 1 heterocycles. The highest BCUT2D eigenvalue weighted by molar-refractivity contribution is 6.49. The number of nitrogens with two attached hydrogens (primary N) is 1. The second-order valence-corrected chi connectivity index (χ2v) is 4.70. The Morgan fingerprint density at radius 2 is 1.71 bits per heavy atom. The summed E-state index contributed by atoms with van der Waals surface area (Å²) in [6.07, 6.45) is 1.38. The van der Waals surface area contributed by atoms with Crippen molar-refractivity contribution in [3.05, 3.63) is 38.6 Å². The Morgan fingerprint density at radius 1 is 1.00 bits per heavy atom. The van der Waals surface area contributed by atoms with Crippen LogP contribution in [0.15, 0.2) is 18.3 Å². The number of nitrogen functional groups attached to an aromatic ring is 1. The minimum absolute atomic E-state index is 0.179. The molecule has 0 saturated heterocycles. The lowest BCUT2D eigenvalue weighted by molar-refractivity contribution is 1.22. The minimum atomic E-state index is 0.179. The summed E-state index contributed by atoms with van der Waals surface area (Å²) in [5.74, 6) is 0.179. The molecule has 0 amide bonds. The quantitative estimate of drug-likeness (QED) is 0.797. The predicted molar refractivity (Wildman–Crippen MR) is 71.9 cm³/mol. The van der Waals surface area contributed by atoms with E-state index in [2.05, 4.69) is 9.97 Å².